The number of rotatable bonds is 6. The number of urea groups is 1. The Hall–Kier alpha value is -2.68. The van der Waals surface area contributed by atoms with E-state index in [9.17, 15) is 23.6 Å². The average Bonchev–Trinajstić information content (AvgIpc) is 2.81. The zero-order valence-electron chi connectivity index (χ0n) is 15.0. The van der Waals surface area contributed by atoms with Crippen LogP contribution in [0.15, 0.2) is 18.2 Å². The predicted molar refractivity (Wildman–Crippen MR) is 94.5 cm³/mol. The molecule has 0 saturated carbocycles. The van der Waals surface area contributed by atoms with Crippen molar-refractivity contribution in [3.05, 3.63) is 29.0 Å². The van der Waals surface area contributed by atoms with Gasteiger partial charge >= 0.3 is 12.0 Å². The Labute approximate surface area is 160 Å². The molecule has 1 saturated heterocycles. The van der Waals surface area contributed by atoms with Gasteiger partial charge in [-0.2, -0.15) is 0 Å². The summed E-state index contributed by atoms with van der Waals surface area (Å²) >= 11 is 5.63. The first-order valence-electron chi connectivity index (χ1n) is 8.17. The number of imide groups is 1. The van der Waals surface area contributed by atoms with Gasteiger partial charge in [0, 0.05) is 5.02 Å². The van der Waals surface area contributed by atoms with E-state index < -0.39 is 47.8 Å². The number of carbonyl (C=O) groups excluding carboxylic acids is 4. The highest BCUT2D eigenvalue weighted by Crippen LogP contribution is 2.21. The third-order valence-corrected chi connectivity index (χ3v) is 4.44. The first kappa shape index (κ1) is 20.6. The smallest absolute Gasteiger partial charge is 0.327 e. The van der Waals surface area contributed by atoms with Crippen LogP contribution in [-0.4, -0.2) is 46.9 Å². The third kappa shape index (κ3) is 4.54. The minimum absolute atomic E-state index is 0.125. The number of nitrogens with one attached hydrogen (secondary N) is 2. The van der Waals surface area contributed by atoms with Gasteiger partial charge in [-0.3, -0.25) is 19.3 Å². The molecule has 10 heteroatoms. The molecule has 2 N–H and O–H groups in total. The molecule has 1 fully saturated rings. The SMILES string of the molecule is CC[C@]1(C)NC(=O)N(CC(=O)O[C@@H](C)C(=O)Nc2ccc(Cl)cc2F)C1=O. The minimum Gasteiger partial charge on any atom is -0.451 e. The lowest BCUT2D eigenvalue weighted by molar-refractivity contribution is -0.155. The van der Waals surface area contributed by atoms with Crippen LogP contribution in [0.4, 0.5) is 14.9 Å². The maximum atomic E-state index is 13.7. The largest absolute Gasteiger partial charge is 0.451 e. The van der Waals surface area contributed by atoms with Crippen molar-refractivity contribution in [1.82, 2.24) is 10.2 Å². The number of anilines is 1. The Kier molecular flexibility index (Phi) is 6.04. The second-order valence-corrected chi connectivity index (χ2v) is 6.69. The molecule has 1 heterocycles. The Balaban J connectivity index is 1.94. The molecule has 0 spiro atoms. The molecule has 1 aromatic rings. The van der Waals surface area contributed by atoms with E-state index in [1.54, 1.807) is 13.8 Å². The van der Waals surface area contributed by atoms with E-state index in [-0.39, 0.29) is 10.7 Å². The number of carbonyl (C=O) groups is 4. The molecule has 146 valence electrons. The lowest BCUT2D eigenvalue weighted by Crippen LogP contribution is -2.44. The molecule has 1 aliphatic heterocycles. The van der Waals surface area contributed by atoms with Gasteiger partial charge in [0.1, 0.15) is 17.9 Å². The van der Waals surface area contributed by atoms with Gasteiger partial charge in [0.25, 0.3) is 11.8 Å². The fraction of sp³-hybridized carbons (Fsp3) is 0.412. The Morgan fingerprint density at radius 3 is 2.63 bits per heavy atom. The maximum absolute atomic E-state index is 13.7. The van der Waals surface area contributed by atoms with Crippen molar-refractivity contribution in [2.45, 2.75) is 38.8 Å². The van der Waals surface area contributed by atoms with Crippen molar-refractivity contribution >= 4 is 41.1 Å². The predicted octanol–water partition coefficient (Wildman–Crippen LogP) is 2.07. The van der Waals surface area contributed by atoms with Crippen LogP contribution >= 0.6 is 11.6 Å². The van der Waals surface area contributed by atoms with Crippen LogP contribution in [0.1, 0.15) is 27.2 Å². The summed E-state index contributed by atoms with van der Waals surface area (Å²) in [6.45, 7) is 3.92. The highest BCUT2D eigenvalue weighted by Gasteiger charge is 2.47. The third-order valence-electron chi connectivity index (χ3n) is 4.21. The average molecular weight is 400 g/mol. The molecule has 2 atom stereocenters. The first-order chi connectivity index (χ1) is 12.6. The van der Waals surface area contributed by atoms with E-state index in [2.05, 4.69) is 10.6 Å². The zero-order chi connectivity index (χ0) is 20.4. The van der Waals surface area contributed by atoms with E-state index in [0.29, 0.717) is 6.42 Å². The van der Waals surface area contributed by atoms with Crippen molar-refractivity contribution < 1.29 is 28.3 Å². The molecule has 0 bridgehead atoms. The highest BCUT2D eigenvalue weighted by molar-refractivity contribution is 6.30. The molecule has 0 unspecified atom stereocenters. The standard InChI is InChI=1S/C17H19ClFN3O5/c1-4-17(3)15(25)22(16(26)21-17)8-13(23)27-9(2)14(24)20-12-6-5-10(18)7-11(12)19/h5-7,9H,4,8H2,1-3H3,(H,20,24)(H,21,26)/t9-,17-/m0/s1. The van der Waals surface area contributed by atoms with E-state index >= 15 is 0 Å². The van der Waals surface area contributed by atoms with E-state index in [0.717, 1.165) is 11.0 Å². The number of hydrogen-bond donors (Lipinski definition) is 2. The number of hydrogen-bond acceptors (Lipinski definition) is 5. The number of amides is 4. The van der Waals surface area contributed by atoms with Crippen molar-refractivity contribution in [1.29, 1.82) is 0 Å². The molecule has 0 radical (unpaired) electrons. The van der Waals surface area contributed by atoms with Gasteiger partial charge in [0.2, 0.25) is 0 Å². The van der Waals surface area contributed by atoms with Crippen molar-refractivity contribution in [2.24, 2.45) is 0 Å². The van der Waals surface area contributed by atoms with E-state index in [1.165, 1.54) is 19.1 Å². The number of ether oxygens (including phenoxy) is 1. The Bertz CT molecular complexity index is 803. The molecule has 1 aliphatic rings. The second-order valence-electron chi connectivity index (χ2n) is 6.25. The maximum Gasteiger partial charge on any atom is 0.327 e. The van der Waals surface area contributed by atoms with E-state index in [1.807, 2.05) is 0 Å². The van der Waals surface area contributed by atoms with Crippen LogP contribution in [0, 0.1) is 5.82 Å². The summed E-state index contributed by atoms with van der Waals surface area (Å²) < 4.78 is 18.6. The van der Waals surface area contributed by atoms with Gasteiger partial charge in [0.05, 0.1) is 5.69 Å². The van der Waals surface area contributed by atoms with Gasteiger partial charge < -0.3 is 15.4 Å². The quantitative estimate of drug-likeness (QED) is 0.562. The number of benzene rings is 1. The normalized spacial score (nSPS) is 20.3. The Morgan fingerprint density at radius 1 is 1.41 bits per heavy atom. The summed E-state index contributed by atoms with van der Waals surface area (Å²) in [5.41, 5.74) is -1.20. The summed E-state index contributed by atoms with van der Waals surface area (Å²) in [6.07, 6.45) is -0.917. The summed E-state index contributed by atoms with van der Waals surface area (Å²) in [7, 11) is 0. The molecular weight excluding hydrogens is 381 g/mol. The molecular formula is C17H19ClFN3O5. The fourth-order valence-electron chi connectivity index (χ4n) is 2.37. The summed E-state index contributed by atoms with van der Waals surface area (Å²) in [4.78, 5) is 48.9. The first-order valence-corrected chi connectivity index (χ1v) is 8.54. The van der Waals surface area contributed by atoms with Crippen LogP contribution in [0.25, 0.3) is 0 Å². The van der Waals surface area contributed by atoms with Crippen LogP contribution in [0.5, 0.6) is 0 Å². The number of esters is 1. The van der Waals surface area contributed by atoms with Crippen LogP contribution in [0.3, 0.4) is 0 Å². The summed E-state index contributed by atoms with van der Waals surface area (Å²) in [5.74, 6) is -3.02. The van der Waals surface area contributed by atoms with Crippen LogP contribution in [0.2, 0.25) is 5.02 Å². The molecule has 8 nitrogen and oxygen atoms in total. The van der Waals surface area contributed by atoms with Crippen molar-refractivity contribution in [3.8, 4) is 0 Å². The molecule has 0 aromatic heterocycles. The Morgan fingerprint density at radius 2 is 2.07 bits per heavy atom. The number of nitrogens with zero attached hydrogens (tertiary/aromatic N) is 1. The lowest BCUT2D eigenvalue weighted by atomic mass is 9.99. The molecule has 0 aliphatic carbocycles. The van der Waals surface area contributed by atoms with Crippen molar-refractivity contribution in [3.63, 3.8) is 0 Å². The van der Waals surface area contributed by atoms with Gasteiger partial charge in [-0.1, -0.05) is 18.5 Å². The molecule has 27 heavy (non-hydrogen) atoms. The highest BCUT2D eigenvalue weighted by atomic mass is 35.5. The van der Waals surface area contributed by atoms with Crippen LogP contribution in [-0.2, 0) is 19.1 Å². The minimum atomic E-state index is -1.27. The topological polar surface area (TPSA) is 105 Å². The van der Waals surface area contributed by atoms with Crippen LogP contribution < -0.4 is 10.6 Å². The lowest BCUT2D eigenvalue weighted by Gasteiger charge is -2.19. The summed E-state index contributed by atoms with van der Waals surface area (Å²) in [6, 6.07) is 2.97. The molecule has 1 aromatic carbocycles. The molecule has 4 amide bonds. The van der Waals surface area contributed by atoms with Gasteiger partial charge in [-0.15, -0.1) is 0 Å². The molecule has 2 rings (SSSR count). The van der Waals surface area contributed by atoms with Crippen molar-refractivity contribution in [2.75, 3.05) is 11.9 Å². The van der Waals surface area contributed by atoms with E-state index in [4.69, 9.17) is 16.3 Å². The fourth-order valence-corrected chi connectivity index (χ4v) is 2.53. The van der Waals surface area contributed by atoms with Gasteiger partial charge in [-0.05, 0) is 38.5 Å². The second kappa shape index (κ2) is 7.91. The monoisotopic (exact) mass is 399 g/mol. The number of halogens is 2. The van der Waals surface area contributed by atoms with Gasteiger partial charge in [0.15, 0.2) is 6.10 Å². The van der Waals surface area contributed by atoms with Gasteiger partial charge in [-0.25, -0.2) is 9.18 Å². The summed E-state index contributed by atoms with van der Waals surface area (Å²) in [5, 5.41) is 4.93. The zero-order valence-corrected chi connectivity index (χ0v) is 15.7.